The molecule has 0 amide bonds. The maximum atomic E-state index is 6.03. The summed E-state index contributed by atoms with van der Waals surface area (Å²) in [5.41, 5.74) is 2.69. The van der Waals surface area contributed by atoms with Gasteiger partial charge in [-0.2, -0.15) is 0 Å². The molecule has 1 unspecified atom stereocenters. The minimum Gasteiger partial charge on any atom is -0.311 e. The topological polar surface area (TPSA) is 15.3 Å². The highest BCUT2D eigenvalue weighted by Crippen LogP contribution is 2.17. The normalized spacial score (nSPS) is 22.3. The van der Waals surface area contributed by atoms with Crippen LogP contribution in [0.25, 0.3) is 0 Å². The van der Waals surface area contributed by atoms with Crippen molar-refractivity contribution in [1.82, 2.24) is 10.2 Å². The predicted octanol–water partition coefficient (Wildman–Crippen LogP) is 2.09. The maximum Gasteiger partial charge on any atom is 0.0408 e. The summed E-state index contributed by atoms with van der Waals surface area (Å²) in [6, 6.07) is 6.70. The van der Waals surface area contributed by atoms with Crippen LogP contribution in [-0.2, 0) is 6.42 Å². The van der Waals surface area contributed by atoms with Crippen molar-refractivity contribution in [3.8, 4) is 0 Å². The molecule has 0 spiro atoms. The smallest absolute Gasteiger partial charge is 0.0408 e. The van der Waals surface area contributed by atoms with Crippen molar-refractivity contribution in [3.63, 3.8) is 0 Å². The van der Waals surface area contributed by atoms with Gasteiger partial charge in [-0.05, 0) is 43.7 Å². The lowest BCUT2D eigenvalue weighted by atomic mass is 10.00. The highest BCUT2D eigenvalue weighted by molar-refractivity contribution is 6.30. The lowest BCUT2D eigenvalue weighted by Gasteiger charge is -2.31. The first-order valence-electron chi connectivity index (χ1n) is 5.82. The average molecular weight is 239 g/mol. The average Bonchev–Trinajstić information content (AvgIpc) is 2.24. The molecule has 1 aliphatic heterocycles. The molecular weight excluding hydrogens is 220 g/mol. The molecule has 1 saturated heterocycles. The van der Waals surface area contributed by atoms with E-state index in [2.05, 4.69) is 36.3 Å². The van der Waals surface area contributed by atoms with E-state index in [1.54, 1.807) is 0 Å². The number of piperazine rings is 1. The van der Waals surface area contributed by atoms with Crippen LogP contribution in [0, 0.1) is 6.92 Å². The van der Waals surface area contributed by atoms with E-state index in [0.717, 1.165) is 31.1 Å². The van der Waals surface area contributed by atoms with Gasteiger partial charge in [0.25, 0.3) is 0 Å². The van der Waals surface area contributed by atoms with E-state index in [9.17, 15) is 0 Å². The van der Waals surface area contributed by atoms with Crippen LogP contribution in [-0.4, -0.2) is 37.6 Å². The van der Waals surface area contributed by atoms with E-state index >= 15 is 0 Å². The summed E-state index contributed by atoms with van der Waals surface area (Å²) in [6.45, 7) is 5.50. The number of benzene rings is 1. The summed E-state index contributed by atoms with van der Waals surface area (Å²) in [5, 5.41) is 4.40. The van der Waals surface area contributed by atoms with Gasteiger partial charge in [0.05, 0.1) is 0 Å². The summed E-state index contributed by atoms with van der Waals surface area (Å²) in [7, 11) is 2.18. The van der Waals surface area contributed by atoms with Gasteiger partial charge in [-0.25, -0.2) is 0 Å². The van der Waals surface area contributed by atoms with Crippen LogP contribution >= 0.6 is 11.6 Å². The molecule has 1 aromatic rings. The molecule has 0 saturated carbocycles. The van der Waals surface area contributed by atoms with Gasteiger partial charge in [-0.1, -0.05) is 17.7 Å². The Kier molecular flexibility index (Phi) is 3.85. The Morgan fingerprint density at radius 1 is 1.50 bits per heavy atom. The van der Waals surface area contributed by atoms with Crippen LogP contribution in [0.5, 0.6) is 0 Å². The molecule has 1 aliphatic rings. The van der Waals surface area contributed by atoms with Crippen LogP contribution in [0.1, 0.15) is 11.1 Å². The third-order valence-corrected chi connectivity index (χ3v) is 3.47. The molecule has 1 atom stereocenters. The van der Waals surface area contributed by atoms with Gasteiger partial charge in [0.15, 0.2) is 0 Å². The highest BCUT2D eigenvalue weighted by Gasteiger charge is 2.17. The Bertz CT molecular complexity index is 365. The van der Waals surface area contributed by atoms with Gasteiger partial charge in [0.2, 0.25) is 0 Å². The standard InChI is InChI=1S/C13H19ClN2/c1-10-3-4-12(14)7-11(10)8-13-9-16(2)6-5-15-13/h3-4,7,13,15H,5-6,8-9H2,1-2H3. The molecule has 3 heteroatoms. The van der Waals surface area contributed by atoms with Crippen LogP contribution in [0.3, 0.4) is 0 Å². The van der Waals surface area contributed by atoms with Gasteiger partial charge in [-0.3, -0.25) is 0 Å². The number of rotatable bonds is 2. The molecule has 0 radical (unpaired) electrons. The van der Waals surface area contributed by atoms with Crippen LogP contribution in [0.15, 0.2) is 18.2 Å². The third-order valence-electron chi connectivity index (χ3n) is 3.24. The van der Waals surface area contributed by atoms with Gasteiger partial charge in [0.1, 0.15) is 0 Å². The quantitative estimate of drug-likeness (QED) is 0.849. The molecule has 1 aromatic carbocycles. The van der Waals surface area contributed by atoms with Crippen molar-refractivity contribution in [3.05, 3.63) is 34.3 Å². The Balaban J connectivity index is 2.05. The fourth-order valence-electron chi connectivity index (χ4n) is 2.25. The van der Waals surface area contributed by atoms with Gasteiger partial charge in [0, 0.05) is 30.7 Å². The Morgan fingerprint density at radius 3 is 3.06 bits per heavy atom. The van der Waals surface area contributed by atoms with Crippen molar-refractivity contribution in [2.24, 2.45) is 0 Å². The Hall–Kier alpha value is -0.570. The van der Waals surface area contributed by atoms with Crippen molar-refractivity contribution < 1.29 is 0 Å². The number of halogens is 1. The molecule has 0 bridgehead atoms. The molecule has 88 valence electrons. The maximum absolute atomic E-state index is 6.03. The minimum atomic E-state index is 0.552. The molecular formula is C13H19ClN2. The second-order valence-corrected chi connectivity index (χ2v) is 5.12. The van der Waals surface area contributed by atoms with E-state index in [-0.39, 0.29) is 0 Å². The summed E-state index contributed by atoms with van der Waals surface area (Å²) >= 11 is 6.03. The number of nitrogens with zero attached hydrogens (tertiary/aromatic N) is 1. The second kappa shape index (κ2) is 5.17. The summed E-state index contributed by atoms with van der Waals surface area (Å²) in [5.74, 6) is 0. The number of aryl methyl sites for hydroxylation is 1. The van der Waals surface area contributed by atoms with Gasteiger partial charge in [-0.15, -0.1) is 0 Å². The number of nitrogens with one attached hydrogen (secondary N) is 1. The SMILES string of the molecule is Cc1ccc(Cl)cc1CC1CN(C)CCN1. The molecule has 1 fully saturated rings. The summed E-state index contributed by atoms with van der Waals surface area (Å²) < 4.78 is 0. The monoisotopic (exact) mass is 238 g/mol. The minimum absolute atomic E-state index is 0.552. The van der Waals surface area contributed by atoms with Gasteiger partial charge < -0.3 is 10.2 Å². The molecule has 2 rings (SSSR count). The van der Waals surface area contributed by atoms with E-state index in [1.165, 1.54) is 11.1 Å². The molecule has 1 N–H and O–H groups in total. The molecule has 2 nitrogen and oxygen atoms in total. The van der Waals surface area contributed by atoms with Crippen molar-refractivity contribution in [1.29, 1.82) is 0 Å². The number of likely N-dealkylation sites (N-methyl/N-ethyl adjacent to an activating group) is 1. The number of hydrogen-bond acceptors (Lipinski definition) is 2. The first-order chi connectivity index (χ1) is 7.65. The lowest BCUT2D eigenvalue weighted by molar-refractivity contribution is 0.238. The van der Waals surface area contributed by atoms with E-state index in [0.29, 0.717) is 6.04 Å². The fourth-order valence-corrected chi connectivity index (χ4v) is 2.45. The zero-order valence-electron chi connectivity index (χ0n) is 9.96. The first kappa shape index (κ1) is 11.9. The molecule has 16 heavy (non-hydrogen) atoms. The Morgan fingerprint density at radius 2 is 2.31 bits per heavy atom. The molecule has 0 aromatic heterocycles. The Labute approximate surface area is 103 Å². The zero-order valence-corrected chi connectivity index (χ0v) is 10.7. The third kappa shape index (κ3) is 2.97. The predicted molar refractivity (Wildman–Crippen MR) is 69.2 cm³/mol. The lowest BCUT2D eigenvalue weighted by Crippen LogP contribution is -2.50. The fraction of sp³-hybridized carbons (Fsp3) is 0.538. The second-order valence-electron chi connectivity index (χ2n) is 4.69. The number of hydrogen-bond donors (Lipinski definition) is 1. The van der Waals surface area contributed by atoms with Crippen LogP contribution < -0.4 is 5.32 Å². The van der Waals surface area contributed by atoms with Crippen LogP contribution in [0.4, 0.5) is 0 Å². The van der Waals surface area contributed by atoms with E-state index < -0.39 is 0 Å². The van der Waals surface area contributed by atoms with Crippen molar-refractivity contribution >= 4 is 11.6 Å². The van der Waals surface area contributed by atoms with Gasteiger partial charge >= 0.3 is 0 Å². The highest BCUT2D eigenvalue weighted by atomic mass is 35.5. The first-order valence-corrected chi connectivity index (χ1v) is 6.20. The summed E-state index contributed by atoms with van der Waals surface area (Å²) in [6.07, 6.45) is 1.07. The molecule has 0 aliphatic carbocycles. The summed E-state index contributed by atoms with van der Waals surface area (Å²) in [4.78, 5) is 2.38. The largest absolute Gasteiger partial charge is 0.311 e. The van der Waals surface area contributed by atoms with E-state index in [4.69, 9.17) is 11.6 Å². The molecule has 1 heterocycles. The van der Waals surface area contributed by atoms with E-state index in [1.807, 2.05) is 6.07 Å². The van der Waals surface area contributed by atoms with Crippen molar-refractivity contribution in [2.45, 2.75) is 19.4 Å². The zero-order chi connectivity index (χ0) is 11.5. The van der Waals surface area contributed by atoms with Crippen molar-refractivity contribution in [2.75, 3.05) is 26.7 Å². The van der Waals surface area contributed by atoms with Crippen LogP contribution in [0.2, 0.25) is 5.02 Å².